The number of aromatic nitrogens is 3. The van der Waals surface area contributed by atoms with E-state index in [2.05, 4.69) is 27.5 Å². The lowest BCUT2D eigenvalue weighted by molar-refractivity contribution is 0.638. The molecule has 0 saturated heterocycles. The zero-order valence-electron chi connectivity index (χ0n) is 11.4. The molecule has 0 bridgehead atoms. The topological polar surface area (TPSA) is 68.8 Å². The molecule has 1 aromatic carbocycles. The van der Waals surface area contributed by atoms with Crippen LogP contribution in [0.15, 0.2) is 42.7 Å². The molecule has 0 unspecified atom stereocenters. The number of hydrogen-bond donors (Lipinski definition) is 2. The van der Waals surface area contributed by atoms with Gasteiger partial charge in [0, 0.05) is 29.5 Å². The van der Waals surface area contributed by atoms with E-state index in [9.17, 15) is 0 Å². The summed E-state index contributed by atoms with van der Waals surface area (Å²) in [4.78, 5) is 4.53. The minimum absolute atomic E-state index is 0.690. The Morgan fingerprint density at radius 2 is 2.15 bits per heavy atom. The van der Waals surface area contributed by atoms with Crippen LogP contribution in [0.25, 0.3) is 10.9 Å². The molecular formula is C15H17N5. The first-order valence-electron chi connectivity index (χ1n) is 6.60. The highest BCUT2D eigenvalue weighted by atomic mass is 15.3. The summed E-state index contributed by atoms with van der Waals surface area (Å²) >= 11 is 0. The van der Waals surface area contributed by atoms with Crippen LogP contribution in [0.2, 0.25) is 0 Å². The van der Waals surface area contributed by atoms with Gasteiger partial charge in [-0.3, -0.25) is 9.67 Å². The van der Waals surface area contributed by atoms with E-state index in [1.165, 1.54) is 0 Å². The quantitative estimate of drug-likeness (QED) is 0.761. The Labute approximate surface area is 117 Å². The second kappa shape index (κ2) is 5.21. The Balaban J connectivity index is 1.77. The van der Waals surface area contributed by atoms with Crippen molar-refractivity contribution >= 4 is 22.3 Å². The molecule has 0 spiro atoms. The number of anilines is 2. The summed E-state index contributed by atoms with van der Waals surface area (Å²) in [6, 6.07) is 10.2. The Hall–Kier alpha value is -2.56. The molecule has 0 saturated carbocycles. The number of para-hydroxylation sites is 1. The van der Waals surface area contributed by atoms with Crippen LogP contribution in [0.4, 0.5) is 11.4 Å². The third kappa shape index (κ3) is 2.56. The van der Waals surface area contributed by atoms with Crippen molar-refractivity contribution in [2.45, 2.75) is 13.5 Å². The van der Waals surface area contributed by atoms with Crippen LogP contribution in [-0.2, 0) is 6.54 Å². The molecule has 0 radical (unpaired) electrons. The van der Waals surface area contributed by atoms with Gasteiger partial charge in [-0.2, -0.15) is 5.10 Å². The number of nitrogens with one attached hydrogen (secondary N) is 1. The number of benzene rings is 1. The Kier molecular flexibility index (Phi) is 3.25. The maximum Gasteiger partial charge on any atom is 0.0725 e. The first kappa shape index (κ1) is 12.5. The standard InChI is InChI=1S/C15H17N5/c1-11-8-15(13-4-2-3-5-14(13)19-11)17-6-7-20-10-12(16)9-18-20/h2-5,8-10H,6-7,16H2,1H3,(H,17,19). The van der Waals surface area contributed by atoms with Gasteiger partial charge in [0.1, 0.15) is 0 Å². The number of fused-ring (bicyclic) bond motifs is 1. The van der Waals surface area contributed by atoms with E-state index < -0.39 is 0 Å². The van der Waals surface area contributed by atoms with Gasteiger partial charge in [0.15, 0.2) is 0 Å². The normalized spacial score (nSPS) is 10.8. The van der Waals surface area contributed by atoms with Crippen molar-refractivity contribution in [1.82, 2.24) is 14.8 Å². The van der Waals surface area contributed by atoms with Gasteiger partial charge in [0.25, 0.3) is 0 Å². The minimum atomic E-state index is 0.690. The van der Waals surface area contributed by atoms with Gasteiger partial charge in [0.05, 0.1) is 23.9 Å². The van der Waals surface area contributed by atoms with Crippen molar-refractivity contribution in [3.8, 4) is 0 Å². The Morgan fingerprint density at radius 1 is 1.30 bits per heavy atom. The van der Waals surface area contributed by atoms with E-state index in [1.54, 1.807) is 6.20 Å². The summed E-state index contributed by atoms with van der Waals surface area (Å²) in [7, 11) is 0. The first-order chi connectivity index (χ1) is 9.72. The van der Waals surface area contributed by atoms with Gasteiger partial charge in [-0.25, -0.2) is 0 Å². The lowest BCUT2D eigenvalue weighted by atomic mass is 10.1. The van der Waals surface area contributed by atoms with Crippen molar-refractivity contribution in [2.24, 2.45) is 0 Å². The number of pyridine rings is 1. The number of hydrogen-bond acceptors (Lipinski definition) is 4. The lowest BCUT2D eigenvalue weighted by Gasteiger charge is -2.10. The largest absolute Gasteiger partial charge is 0.396 e. The highest BCUT2D eigenvalue weighted by Gasteiger charge is 2.03. The number of rotatable bonds is 4. The molecule has 3 rings (SSSR count). The number of aryl methyl sites for hydroxylation is 1. The predicted octanol–water partition coefficient (Wildman–Crippen LogP) is 2.43. The van der Waals surface area contributed by atoms with Crippen LogP contribution >= 0.6 is 0 Å². The lowest BCUT2D eigenvalue weighted by Crippen LogP contribution is -2.11. The molecule has 0 fully saturated rings. The number of nitrogen functional groups attached to an aromatic ring is 1. The predicted molar refractivity (Wildman–Crippen MR) is 81.6 cm³/mol. The van der Waals surface area contributed by atoms with Crippen LogP contribution in [0.5, 0.6) is 0 Å². The Bertz CT molecular complexity index is 732. The molecule has 0 atom stereocenters. The molecule has 3 aromatic rings. The van der Waals surface area contributed by atoms with Gasteiger partial charge < -0.3 is 11.1 Å². The highest BCUT2D eigenvalue weighted by Crippen LogP contribution is 2.22. The summed E-state index contributed by atoms with van der Waals surface area (Å²) in [5, 5.41) is 8.75. The molecule has 2 heterocycles. The summed E-state index contributed by atoms with van der Waals surface area (Å²) in [5.41, 5.74) is 9.46. The maximum absolute atomic E-state index is 5.64. The van der Waals surface area contributed by atoms with Crippen molar-refractivity contribution < 1.29 is 0 Å². The van der Waals surface area contributed by atoms with E-state index in [0.717, 1.165) is 35.4 Å². The fourth-order valence-corrected chi connectivity index (χ4v) is 2.26. The zero-order chi connectivity index (χ0) is 13.9. The number of nitrogens with two attached hydrogens (primary N) is 1. The smallest absolute Gasteiger partial charge is 0.0725 e. The van der Waals surface area contributed by atoms with Crippen molar-refractivity contribution in [3.63, 3.8) is 0 Å². The fraction of sp³-hybridized carbons (Fsp3) is 0.200. The van der Waals surface area contributed by atoms with Gasteiger partial charge in [-0.05, 0) is 19.1 Å². The molecule has 0 amide bonds. The average Bonchev–Trinajstić information content (AvgIpc) is 2.84. The third-order valence-electron chi connectivity index (χ3n) is 3.15. The molecule has 0 aliphatic rings. The fourth-order valence-electron chi connectivity index (χ4n) is 2.26. The van der Waals surface area contributed by atoms with Gasteiger partial charge in [0.2, 0.25) is 0 Å². The second-order valence-electron chi connectivity index (χ2n) is 4.79. The van der Waals surface area contributed by atoms with Crippen LogP contribution in [0.3, 0.4) is 0 Å². The second-order valence-corrected chi connectivity index (χ2v) is 4.79. The summed E-state index contributed by atoms with van der Waals surface area (Å²) in [6.07, 6.45) is 3.49. The third-order valence-corrected chi connectivity index (χ3v) is 3.15. The van der Waals surface area contributed by atoms with Crippen LogP contribution in [-0.4, -0.2) is 21.3 Å². The van der Waals surface area contributed by atoms with Gasteiger partial charge in [-0.1, -0.05) is 18.2 Å². The number of nitrogens with zero attached hydrogens (tertiary/aromatic N) is 3. The van der Waals surface area contributed by atoms with Crippen LogP contribution < -0.4 is 11.1 Å². The molecule has 2 aromatic heterocycles. The SMILES string of the molecule is Cc1cc(NCCn2cc(N)cn2)c2ccccc2n1. The van der Waals surface area contributed by atoms with Crippen molar-refractivity contribution in [1.29, 1.82) is 0 Å². The maximum atomic E-state index is 5.64. The highest BCUT2D eigenvalue weighted by molar-refractivity contribution is 5.91. The Morgan fingerprint density at radius 3 is 2.95 bits per heavy atom. The molecule has 20 heavy (non-hydrogen) atoms. The molecule has 102 valence electrons. The van der Waals surface area contributed by atoms with E-state index in [4.69, 9.17) is 5.73 Å². The molecule has 5 nitrogen and oxygen atoms in total. The molecule has 0 aliphatic carbocycles. The summed E-state index contributed by atoms with van der Waals surface area (Å²) < 4.78 is 1.83. The first-order valence-corrected chi connectivity index (χ1v) is 6.60. The zero-order valence-corrected chi connectivity index (χ0v) is 11.4. The summed E-state index contributed by atoms with van der Waals surface area (Å²) in [6.45, 7) is 3.56. The minimum Gasteiger partial charge on any atom is -0.396 e. The average molecular weight is 267 g/mol. The molecule has 3 N–H and O–H groups in total. The van der Waals surface area contributed by atoms with Gasteiger partial charge in [-0.15, -0.1) is 0 Å². The van der Waals surface area contributed by atoms with Crippen LogP contribution in [0, 0.1) is 6.92 Å². The van der Waals surface area contributed by atoms with Gasteiger partial charge >= 0.3 is 0 Å². The molecule has 0 aliphatic heterocycles. The van der Waals surface area contributed by atoms with Crippen molar-refractivity contribution in [3.05, 3.63) is 48.4 Å². The van der Waals surface area contributed by atoms with E-state index in [-0.39, 0.29) is 0 Å². The molecular weight excluding hydrogens is 250 g/mol. The van der Waals surface area contributed by atoms with Crippen molar-refractivity contribution in [2.75, 3.05) is 17.6 Å². The molecule has 5 heteroatoms. The van der Waals surface area contributed by atoms with E-state index in [1.807, 2.05) is 36.0 Å². The summed E-state index contributed by atoms with van der Waals surface area (Å²) in [5.74, 6) is 0. The van der Waals surface area contributed by atoms with E-state index >= 15 is 0 Å². The monoisotopic (exact) mass is 267 g/mol. The van der Waals surface area contributed by atoms with E-state index in [0.29, 0.717) is 5.69 Å². The van der Waals surface area contributed by atoms with Crippen LogP contribution in [0.1, 0.15) is 5.69 Å².